The van der Waals surface area contributed by atoms with Gasteiger partial charge in [0.25, 0.3) is 0 Å². The van der Waals surface area contributed by atoms with Crippen molar-refractivity contribution in [3.63, 3.8) is 0 Å². The van der Waals surface area contributed by atoms with Crippen molar-refractivity contribution in [3.8, 4) is 0 Å². The number of hydrogen-bond acceptors (Lipinski definition) is 3. The lowest BCUT2D eigenvalue weighted by molar-refractivity contribution is 0.215. The van der Waals surface area contributed by atoms with E-state index >= 15 is 0 Å². The number of rotatable bonds is 2. The van der Waals surface area contributed by atoms with E-state index in [2.05, 4.69) is 9.97 Å². The molecule has 100 valence electrons. The minimum atomic E-state index is -0.708. The molecule has 3 rings (SSSR count). The maximum atomic E-state index is 10.4. The minimum Gasteiger partial charge on any atom is -0.382 e. The highest BCUT2D eigenvalue weighted by molar-refractivity contribution is 5.79. The van der Waals surface area contributed by atoms with Crippen LogP contribution < -0.4 is 0 Å². The molecule has 0 amide bonds. The van der Waals surface area contributed by atoms with Gasteiger partial charge in [-0.05, 0) is 49.7 Å². The maximum Gasteiger partial charge on any atom is 0.121 e. The van der Waals surface area contributed by atoms with Crippen molar-refractivity contribution in [2.45, 2.75) is 20.0 Å². The first-order valence-electron chi connectivity index (χ1n) is 6.62. The Hall–Kier alpha value is -2.26. The average molecular weight is 264 g/mol. The van der Waals surface area contributed by atoms with E-state index in [1.54, 1.807) is 0 Å². The Morgan fingerprint density at radius 2 is 1.70 bits per heavy atom. The zero-order chi connectivity index (χ0) is 14.1. The van der Waals surface area contributed by atoms with Gasteiger partial charge in [0.15, 0.2) is 0 Å². The summed E-state index contributed by atoms with van der Waals surface area (Å²) in [5.41, 5.74) is 4.34. The summed E-state index contributed by atoms with van der Waals surface area (Å²) in [6.07, 6.45) is -0.708. The summed E-state index contributed by atoms with van der Waals surface area (Å²) in [6, 6.07) is 15.5. The van der Waals surface area contributed by atoms with Crippen molar-refractivity contribution in [2.24, 2.45) is 0 Å². The van der Waals surface area contributed by atoms with Crippen molar-refractivity contribution in [1.29, 1.82) is 0 Å². The Bertz CT molecular complexity index is 768. The third-order valence-electron chi connectivity index (χ3n) is 3.36. The predicted molar refractivity (Wildman–Crippen MR) is 79.5 cm³/mol. The normalized spacial score (nSPS) is 12.6. The molecule has 1 aromatic carbocycles. The van der Waals surface area contributed by atoms with Crippen LogP contribution in [-0.4, -0.2) is 15.1 Å². The van der Waals surface area contributed by atoms with E-state index in [0.717, 1.165) is 27.9 Å². The second-order valence-corrected chi connectivity index (χ2v) is 5.01. The van der Waals surface area contributed by atoms with Crippen molar-refractivity contribution < 1.29 is 5.11 Å². The van der Waals surface area contributed by atoms with Gasteiger partial charge < -0.3 is 5.11 Å². The number of aryl methyl sites for hydroxylation is 2. The van der Waals surface area contributed by atoms with Gasteiger partial charge in [0, 0.05) is 16.8 Å². The van der Waals surface area contributed by atoms with Crippen LogP contribution in [0, 0.1) is 13.8 Å². The number of aromatic nitrogens is 2. The van der Waals surface area contributed by atoms with Crippen molar-refractivity contribution >= 4 is 10.9 Å². The van der Waals surface area contributed by atoms with E-state index in [9.17, 15) is 5.11 Å². The van der Waals surface area contributed by atoms with Crippen LogP contribution in [0.25, 0.3) is 10.9 Å². The molecule has 2 aromatic heterocycles. The number of fused-ring (bicyclic) bond motifs is 1. The first-order valence-corrected chi connectivity index (χ1v) is 6.62. The fourth-order valence-corrected chi connectivity index (χ4v) is 2.30. The van der Waals surface area contributed by atoms with Crippen molar-refractivity contribution in [3.05, 3.63) is 71.2 Å². The second-order valence-electron chi connectivity index (χ2n) is 5.01. The van der Waals surface area contributed by atoms with E-state index in [-0.39, 0.29) is 0 Å². The molecule has 1 atom stereocenters. The Balaban J connectivity index is 2.03. The largest absolute Gasteiger partial charge is 0.382 e. The highest BCUT2D eigenvalue weighted by Crippen LogP contribution is 2.24. The Labute approximate surface area is 117 Å². The first kappa shape index (κ1) is 12.8. The number of aliphatic hydroxyl groups is 1. The molecular weight excluding hydrogens is 248 g/mol. The molecule has 0 aliphatic carbocycles. The van der Waals surface area contributed by atoms with E-state index < -0.39 is 6.10 Å². The minimum absolute atomic E-state index is 0.671. The molecule has 2 heterocycles. The molecule has 0 radical (unpaired) electrons. The second kappa shape index (κ2) is 5.02. The Morgan fingerprint density at radius 1 is 0.900 bits per heavy atom. The van der Waals surface area contributed by atoms with Crippen LogP contribution in [0.1, 0.15) is 28.7 Å². The van der Waals surface area contributed by atoms with Gasteiger partial charge in [-0.25, -0.2) is 0 Å². The summed E-state index contributed by atoms with van der Waals surface area (Å²) in [5, 5.41) is 11.5. The van der Waals surface area contributed by atoms with Gasteiger partial charge >= 0.3 is 0 Å². The SMILES string of the molecule is Cc1cccc(C(O)c2ccc3nc(C)ccc3c2)n1. The van der Waals surface area contributed by atoms with Gasteiger partial charge in [0.1, 0.15) is 6.10 Å². The molecule has 0 saturated carbocycles. The molecule has 3 aromatic rings. The third kappa shape index (κ3) is 2.40. The smallest absolute Gasteiger partial charge is 0.121 e. The van der Waals surface area contributed by atoms with E-state index in [4.69, 9.17) is 0 Å². The average Bonchev–Trinajstić information content (AvgIpc) is 2.46. The molecule has 0 aliphatic heterocycles. The van der Waals surface area contributed by atoms with Crippen LogP contribution >= 0.6 is 0 Å². The molecule has 0 aliphatic rings. The summed E-state index contributed by atoms with van der Waals surface area (Å²) in [5.74, 6) is 0. The van der Waals surface area contributed by atoms with Crippen LogP contribution in [0.4, 0.5) is 0 Å². The molecule has 20 heavy (non-hydrogen) atoms. The van der Waals surface area contributed by atoms with E-state index in [0.29, 0.717) is 5.69 Å². The maximum absolute atomic E-state index is 10.4. The summed E-state index contributed by atoms with van der Waals surface area (Å²) in [7, 11) is 0. The number of hydrogen-bond donors (Lipinski definition) is 1. The monoisotopic (exact) mass is 264 g/mol. The van der Waals surface area contributed by atoms with Gasteiger partial charge in [-0.2, -0.15) is 0 Å². The van der Waals surface area contributed by atoms with Crippen LogP contribution in [0.2, 0.25) is 0 Å². The van der Waals surface area contributed by atoms with Gasteiger partial charge in [-0.3, -0.25) is 9.97 Å². The number of aliphatic hydroxyl groups excluding tert-OH is 1. The number of benzene rings is 1. The molecule has 1 N–H and O–H groups in total. The van der Waals surface area contributed by atoms with Crippen molar-refractivity contribution in [1.82, 2.24) is 9.97 Å². The Morgan fingerprint density at radius 3 is 2.50 bits per heavy atom. The molecule has 1 unspecified atom stereocenters. The predicted octanol–water partition coefficient (Wildman–Crippen LogP) is 3.33. The molecule has 0 saturated heterocycles. The van der Waals surface area contributed by atoms with E-state index in [1.165, 1.54) is 0 Å². The molecule has 0 fully saturated rings. The number of nitrogens with zero attached hydrogens (tertiary/aromatic N) is 2. The quantitative estimate of drug-likeness (QED) is 0.772. The van der Waals surface area contributed by atoms with Crippen LogP contribution in [-0.2, 0) is 0 Å². The fourth-order valence-electron chi connectivity index (χ4n) is 2.30. The lowest BCUT2D eigenvalue weighted by Crippen LogP contribution is -2.03. The first-order chi connectivity index (χ1) is 9.63. The lowest BCUT2D eigenvalue weighted by atomic mass is 10.0. The molecule has 3 nitrogen and oxygen atoms in total. The van der Waals surface area contributed by atoms with Gasteiger partial charge in [-0.1, -0.05) is 18.2 Å². The van der Waals surface area contributed by atoms with Crippen LogP contribution in [0.3, 0.4) is 0 Å². The summed E-state index contributed by atoms with van der Waals surface area (Å²) < 4.78 is 0. The lowest BCUT2D eigenvalue weighted by Gasteiger charge is -2.12. The number of pyridine rings is 2. The van der Waals surface area contributed by atoms with Crippen LogP contribution in [0.15, 0.2) is 48.5 Å². The zero-order valence-corrected chi connectivity index (χ0v) is 11.5. The van der Waals surface area contributed by atoms with Crippen molar-refractivity contribution in [2.75, 3.05) is 0 Å². The summed E-state index contributed by atoms with van der Waals surface area (Å²) >= 11 is 0. The highest BCUT2D eigenvalue weighted by atomic mass is 16.3. The molecular formula is C17H16N2O. The molecule has 0 spiro atoms. The van der Waals surface area contributed by atoms with Gasteiger partial charge in [0.2, 0.25) is 0 Å². The fraction of sp³-hybridized carbons (Fsp3) is 0.176. The standard InChI is InChI=1S/C17H16N2O/c1-11-4-3-5-16(19-11)17(20)14-8-9-15-13(10-14)7-6-12(2)18-15/h3-10,17,20H,1-2H3. The Kier molecular flexibility index (Phi) is 3.20. The van der Waals surface area contributed by atoms with Gasteiger partial charge in [0.05, 0.1) is 11.2 Å². The molecule has 0 bridgehead atoms. The zero-order valence-electron chi connectivity index (χ0n) is 11.5. The third-order valence-corrected chi connectivity index (χ3v) is 3.36. The molecule has 3 heteroatoms. The summed E-state index contributed by atoms with van der Waals surface area (Å²) in [4.78, 5) is 8.84. The highest BCUT2D eigenvalue weighted by Gasteiger charge is 2.12. The van der Waals surface area contributed by atoms with E-state index in [1.807, 2.05) is 62.4 Å². The summed E-state index contributed by atoms with van der Waals surface area (Å²) in [6.45, 7) is 3.89. The topological polar surface area (TPSA) is 46.0 Å². The van der Waals surface area contributed by atoms with Gasteiger partial charge in [-0.15, -0.1) is 0 Å². The van der Waals surface area contributed by atoms with Crippen LogP contribution in [0.5, 0.6) is 0 Å².